The van der Waals surface area contributed by atoms with Gasteiger partial charge in [-0.2, -0.15) is 0 Å². The van der Waals surface area contributed by atoms with Gasteiger partial charge in [0.2, 0.25) is 0 Å². The molecule has 0 amide bonds. The van der Waals surface area contributed by atoms with Gasteiger partial charge in [0.15, 0.2) is 0 Å². The highest BCUT2D eigenvalue weighted by Crippen LogP contribution is 2.34. The minimum absolute atomic E-state index is 0.224. The van der Waals surface area contributed by atoms with Crippen LogP contribution in [0, 0.1) is 0 Å². The highest BCUT2D eigenvalue weighted by atomic mass is 16.4. The molecule has 0 aliphatic rings. The maximum atomic E-state index is 11.4. The summed E-state index contributed by atoms with van der Waals surface area (Å²) in [6.07, 6.45) is 3.56. The summed E-state index contributed by atoms with van der Waals surface area (Å²) < 4.78 is 0. The van der Waals surface area contributed by atoms with Crippen molar-refractivity contribution < 1.29 is 9.90 Å². The number of carbonyl (C=O) groups is 1. The van der Waals surface area contributed by atoms with Crippen LogP contribution in [-0.2, 0) is 0 Å². The second-order valence-corrected chi connectivity index (χ2v) is 5.97. The molecule has 0 atom stereocenters. The molecule has 5 nitrogen and oxygen atoms in total. The second-order valence-electron chi connectivity index (χ2n) is 5.97. The summed E-state index contributed by atoms with van der Waals surface area (Å²) in [5.74, 6) is -0.164. The minimum atomic E-state index is -0.961. The molecule has 26 heavy (non-hydrogen) atoms. The Kier molecular flexibility index (Phi) is 3.97. The Morgan fingerprint density at radius 2 is 1.85 bits per heavy atom. The molecule has 0 spiro atoms. The van der Waals surface area contributed by atoms with Crippen molar-refractivity contribution in [2.75, 3.05) is 11.4 Å². The Bertz CT molecular complexity index is 1110. The normalized spacial score (nSPS) is 11.0. The quantitative estimate of drug-likeness (QED) is 0.547. The maximum absolute atomic E-state index is 11.4. The van der Waals surface area contributed by atoms with Crippen molar-refractivity contribution in [1.82, 2.24) is 9.97 Å². The molecule has 0 aliphatic carbocycles. The fourth-order valence-electron chi connectivity index (χ4n) is 3.23. The predicted octanol–water partition coefficient (Wildman–Crippen LogP) is 4.64. The van der Waals surface area contributed by atoms with Crippen molar-refractivity contribution in [3.8, 4) is 0 Å². The lowest BCUT2D eigenvalue weighted by atomic mass is 10.1. The summed E-state index contributed by atoms with van der Waals surface area (Å²) in [4.78, 5) is 22.6. The molecule has 4 rings (SSSR count). The van der Waals surface area contributed by atoms with Crippen molar-refractivity contribution >= 4 is 39.1 Å². The number of hydrogen-bond donors (Lipinski definition) is 1. The van der Waals surface area contributed by atoms with Gasteiger partial charge < -0.3 is 10.0 Å². The number of anilines is 2. The summed E-state index contributed by atoms with van der Waals surface area (Å²) >= 11 is 0. The van der Waals surface area contributed by atoms with Crippen LogP contribution in [0.1, 0.15) is 17.3 Å². The Hall–Kier alpha value is -3.47. The number of aromatic carboxylic acids is 1. The molecule has 0 radical (unpaired) electrons. The first kappa shape index (κ1) is 16.0. The Labute approximate surface area is 150 Å². The molecule has 1 N–H and O–H groups in total. The fourth-order valence-corrected chi connectivity index (χ4v) is 3.23. The van der Waals surface area contributed by atoms with E-state index in [1.54, 1.807) is 24.4 Å². The minimum Gasteiger partial charge on any atom is -0.478 e. The Morgan fingerprint density at radius 1 is 1.04 bits per heavy atom. The molecule has 0 saturated heterocycles. The third-order valence-corrected chi connectivity index (χ3v) is 4.46. The van der Waals surface area contributed by atoms with Crippen LogP contribution in [-0.4, -0.2) is 27.6 Å². The Morgan fingerprint density at radius 3 is 2.58 bits per heavy atom. The highest BCUT2D eigenvalue weighted by Gasteiger charge is 2.16. The number of fused-ring (bicyclic) bond motifs is 3. The van der Waals surface area contributed by atoms with E-state index in [-0.39, 0.29) is 5.56 Å². The second kappa shape index (κ2) is 6.44. The van der Waals surface area contributed by atoms with E-state index in [0.717, 1.165) is 34.2 Å². The molecular formula is C21H17N3O2. The first-order valence-electron chi connectivity index (χ1n) is 8.42. The molecule has 128 valence electrons. The molecule has 2 aromatic heterocycles. The van der Waals surface area contributed by atoms with Gasteiger partial charge in [-0.25, -0.2) is 9.78 Å². The van der Waals surface area contributed by atoms with Crippen LogP contribution in [0.4, 0.5) is 11.5 Å². The van der Waals surface area contributed by atoms with Crippen LogP contribution in [0.15, 0.2) is 67.0 Å². The predicted molar refractivity (Wildman–Crippen MR) is 103 cm³/mol. The summed E-state index contributed by atoms with van der Waals surface area (Å²) in [5, 5.41) is 12.1. The summed E-state index contributed by atoms with van der Waals surface area (Å²) in [6.45, 7) is 2.80. The van der Waals surface area contributed by atoms with Gasteiger partial charge in [0.25, 0.3) is 0 Å². The van der Waals surface area contributed by atoms with Gasteiger partial charge in [0, 0.05) is 40.8 Å². The molecule has 5 heteroatoms. The lowest BCUT2D eigenvalue weighted by Crippen LogP contribution is -2.17. The summed E-state index contributed by atoms with van der Waals surface area (Å²) in [6, 6.07) is 17.0. The highest BCUT2D eigenvalue weighted by molar-refractivity contribution is 6.11. The summed E-state index contributed by atoms with van der Waals surface area (Å²) in [5.41, 5.74) is 1.91. The Balaban J connectivity index is 2.04. The number of rotatable bonds is 4. The van der Waals surface area contributed by atoms with E-state index in [1.807, 2.05) is 42.6 Å². The number of nitrogens with zero attached hydrogens (tertiary/aromatic N) is 3. The fraction of sp³-hybridized carbons (Fsp3) is 0.0952. The van der Waals surface area contributed by atoms with Gasteiger partial charge in [-0.1, -0.05) is 24.3 Å². The standard InChI is InChI=1S/C21H17N3O2/c1-2-24(15-6-4-3-5-7-15)20-17-10-11-22-13-18(17)16-9-8-14(21(25)26)12-19(16)23-20/h3-13H,2H2,1H3,(H,25,26). The number of para-hydroxylation sites is 1. The monoisotopic (exact) mass is 343 g/mol. The van der Waals surface area contributed by atoms with E-state index < -0.39 is 5.97 Å². The number of benzene rings is 2. The molecule has 0 fully saturated rings. The van der Waals surface area contributed by atoms with Gasteiger partial charge in [-0.3, -0.25) is 4.98 Å². The molecule has 0 aliphatic heterocycles. The topological polar surface area (TPSA) is 66.3 Å². The zero-order chi connectivity index (χ0) is 18.1. The molecule has 2 heterocycles. The van der Waals surface area contributed by atoms with Gasteiger partial charge in [-0.05, 0) is 37.3 Å². The van der Waals surface area contributed by atoms with E-state index >= 15 is 0 Å². The van der Waals surface area contributed by atoms with Crippen LogP contribution in [0.25, 0.3) is 21.7 Å². The van der Waals surface area contributed by atoms with Gasteiger partial charge >= 0.3 is 5.97 Å². The van der Waals surface area contributed by atoms with Crippen molar-refractivity contribution in [1.29, 1.82) is 0 Å². The molecule has 2 aromatic carbocycles. The van der Waals surface area contributed by atoms with Gasteiger partial charge in [-0.15, -0.1) is 0 Å². The number of carboxylic acids is 1. The number of carboxylic acid groups (broad SMARTS) is 1. The molecule has 0 unspecified atom stereocenters. The lowest BCUT2D eigenvalue weighted by Gasteiger charge is -2.24. The van der Waals surface area contributed by atoms with E-state index in [0.29, 0.717) is 5.52 Å². The number of hydrogen-bond acceptors (Lipinski definition) is 4. The first-order chi connectivity index (χ1) is 12.7. The van der Waals surface area contributed by atoms with E-state index in [1.165, 1.54) is 0 Å². The van der Waals surface area contributed by atoms with Crippen molar-refractivity contribution in [3.05, 3.63) is 72.6 Å². The lowest BCUT2D eigenvalue weighted by molar-refractivity contribution is 0.0697. The third-order valence-electron chi connectivity index (χ3n) is 4.46. The summed E-state index contributed by atoms with van der Waals surface area (Å²) in [7, 11) is 0. The molecule has 0 bridgehead atoms. The zero-order valence-corrected chi connectivity index (χ0v) is 14.3. The van der Waals surface area contributed by atoms with Crippen molar-refractivity contribution in [2.24, 2.45) is 0 Å². The largest absolute Gasteiger partial charge is 0.478 e. The zero-order valence-electron chi connectivity index (χ0n) is 14.3. The van der Waals surface area contributed by atoms with E-state index in [9.17, 15) is 9.90 Å². The van der Waals surface area contributed by atoms with E-state index in [2.05, 4.69) is 16.8 Å². The van der Waals surface area contributed by atoms with Crippen LogP contribution in [0.2, 0.25) is 0 Å². The van der Waals surface area contributed by atoms with Crippen LogP contribution < -0.4 is 4.90 Å². The molecule has 0 saturated carbocycles. The van der Waals surface area contributed by atoms with Crippen LogP contribution in [0.5, 0.6) is 0 Å². The van der Waals surface area contributed by atoms with Crippen molar-refractivity contribution in [2.45, 2.75) is 6.92 Å². The average Bonchev–Trinajstić information content (AvgIpc) is 2.69. The van der Waals surface area contributed by atoms with Gasteiger partial charge in [0.05, 0.1) is 11.1 Å². The van der Waals surface area contributed by atoms with Gasteiger partial charge in [0.1, 0.15) is 5.82 Å². The average molecular weight is 343 g/mol. The van der Waals surface area contributed by atoms with Crippen LogP contribution >= 0.6 is 0 Å². The third kappa shape index (κ3) is 2.63. The smallest absolute Gasteiger partial charge is 0.335 e. The first-order valence-corrected chi connectivity index (χ1v) is 8.42. The van der Waals surface area contributed by atoms with Crippen molar-refractivity contribution in [3.63, 3.8) is 0 Å². The maximum Gasteiger partial charge on any atom is 0.335 e. The molecular weight excluding hydrogens is 326 g/mol. The van der Waals surface area contributed by atoms with E-state index in [4.69, 9.17) is 4.98 Å². The van der Waals surface area contributed by atoms with Crippen LogP contribution in [0.3, 0.4) is 0 Å². The molecule has 4 aromatic rings. The number of pyridine rings is 2. The number of aromatic nitrogens is 2. The SMILES string of the molecule is CCN(c1ccccc1)c1nc2cc(C(=O)O)ccc2c2cnccc12.